The lowest BCUT2D eigenvalue weighted by molar-refractivity contribution is 0.138. The van der Waals surface area contributed by atoms with Crippen molar-refractivity contribution < 1.29 is 22.6 Å². The largest absolute Gasteiger partial charge is 0.486 e. The van der Waals surface area contributed by atoms with E-state index < -0.39 is 15.3 Å². The van der Waals surface area contributed by atoms with E-state index in [9.17, 15) is 13.2 Å². The number of benzene rings is 1. The summed E-state index contributed by atoms with van der Waals surface area (Å²) in [4.78, 5) is 15.5. The second-order valence-corrected chi connectivity index (χ2v) is 12.3. The molecular weight excluding hydrogens is 508 g/mol. The molecule has 0 amide bonds. The number of methoxy groups -OCH3 is 2. The Hall–Kier alpha value is -2.18. The summed E-state index contributed by atoms with van der Waals surface area (Å²) >= 11 is 6.13. The van der Waals surface area contributed by atoms with Crippen LogP contribution >= 0.6 is 11.6 Å². The molecule has 1 saturated carbocycles. The van der Waals surface area contributed by atoms with Gasteiger partial charge in [0.2, 0.25) is 15.8 Å². The van der Waals surface area contributed by atoms with E-state index in [0.29, 0.717) is 36.1 Å². The molecule has 0 bridgehead atoms. The Morgan fingerprint density at radius 3 is 2.36 bits per heavy atom. The quantitative estimate of drug-likeness (QED) is 0.427. The summed E-state index contributed by atoms with van der Waals surface area (Å²) in [6, 6.07) is 6.91. The number of ether oxygens (including phenoxy) is 3. The van der Waals surface area contributed by atoms with Gasteiger partial charge >= 0.3 is 5.56 Å². The van der Waals surface area contributed by atoms with Crippen LogP contribution in [0.15, 0.2) is 35.3 Å². The second kappa shape index (κ2) is 11.1. The molecule has 0 atom stereocenters. The summed E-state index contributed by atoms with van der Waals surface area (Å²) < 4.78 is 45.3. The van der Waals surface area contributed by atoms with Crippen molar-refractivity contribution in [3.63, 3.8) is 0 Å². The third-order valence-corrected chi connectivity index (χ3v) is 9.14. The zero-order valence-electron chi connectivity index (χ0n) is 20.9. The van der Waals surface area contributed by atoms with E-state index in [0.717, 1.165) is 12.8 Å². The topological polar surface area (TPSA) is 103 Å². The standard InChI is InChI=1S/C24H33ClN4O6S/c1-24(7-8-24)17-35-22-21(14-26-29(23(22)30)19-6-4-5-18(25)13-19)27-9-11-28(12-10-27)36(31,32)20(15-33-2)16-34-3/h4-6,13-14,20H,7-12,15-17H2,1-3H3. The third-order valence-electron chi connectivity index (χ3n) is 6.70. The van der Waals surface area contributed by atoms with Crippen molar-refractivity contribution in [3.8, 4) is 11.4 Å². The number of aromatic nitrogens is 2. The number of anilines is 1. The Kier molecular flexibility index (Phi) is 8.25. The van der Waals surface area contributed by atoms with Gasteiger partial charge in [-0.15, -0.1) is 0 Å². The summed E-state index contributed by atoms with van der Waals surface area (Å²) in [5.74, 6) is 0.214. The predicted molar refractivity (Wildman–Crippen MR) is 138 cm³/mol. The van der Waals surface area contributed by atoms with Gasteiger partial charge in [0.25, 0.3) is 0 Å². The van der Waals surface area contributed by atoms with Crippen LogP contribution in [0.5, 0.6) is 5.75 Å². The number of hydrogen-bond donors (Lipinski definition) is 0. The molecule has 2 aromatic rings. The molecule has 0 unspecified atom stereocenters. The van der Waals surface area contributed by atoms with Crippen molar-refractivity contribution >= 4 is 27.3 Å². The minimum absolute atomic E-state index is 0.0544. The first-order valence-corrected chi connectivity index (χ1v) is 13.8. The maximum atomic E-state index is 13.5. The lowest BCUT2D eigenvalue weighted by Crippen LogP contribution is -2.53. The molecule has 1 aliphatic carbocycles. The fourth-order valence-corrected chi connectivity index (χ4v) is 6.07. The summed E-state index contributed by atoms with van der Waals surface area (Å²) in [6.07, 6.45) is 3.71. The van der Waals surface area contributed by atoms with Gasteiger partial charge in [-0.1, -0.05) is 24.6 Å². The van der Waals surface area contributed by atoms with E-state index in [1.807, 2.05) is 4.90 Å². The highest BCUT2D eigenvalue weighted by atomic mass is 35.5. The summed E-state index contributed by atoms with van der Waals surface area (Å²) in [6.45, 7) is 3.98. The fraction of sp³-hybridized carbons (Fsp3) is 0.583. The molecule has 10 nitrogen and oxygen atoms in total. The minimum atomic E-state index is -3.61. The number of sulfonamides is 1. The van der Waals surface area contributed by atoms with Crippen LogP contribution < -0.4 is 15.2 Å². The van der Waals surface area contributed by atoms with Crippen molar-refractivity contribution in [2.24, 2.45) is 5.41 Å². The first-order valence-electron chi connectivity index (χ1n) is 11.9. The number of piperazine rings is 1. The molecule has 1 aromatic carbocycles. The zero-order chi connectivity index (χ0) is 25.9. The van der Waals surface area contributed by atoms with Gasteiger partial charge in [-0.25, -0.2) is 8.42 Å². The molecule has 0 radical (unpaired) electrons. The average molecular weight is 541 g/mol. The summed E-state index contributed by atoms with van der Waals surface area (Å²) in [5, 5.41) is 4.11. The maximum Gasteiger partial charge on any atom is 0.316 e. The van der Waals surface area contributed by atoms with E-state index in [1.54, 1.807) is 30.5 Å². The van der Waals surface area contributed by atoms with Crippen LogP contribution in [0.4, 0.5) is 5.69 Å². The van der Waals surface area contributed by atoms with Crippen molar-refractivity contribution in [3.05, 3.63) is 45.8 Å². The highest BCUT2D eigenvalue weighted by Crippen LogP contribution is 2.45. The second-order valence-electron chi connectivity index (χ2n) is 9.62. The van der Waals surface area contributed by atoms with Crippen molar-refractivity contribution in [1.82, 2.24) is 14.1 Å². The Balaban J connectivity index is 1.58. The molecule has 2 heterocycles. The number of halogens is 1. The van der Waals surface area contributed by atoms with Gasteiger partial charge in [-0.05, 0) is 31.0 Å². The molecule has 36 heavy (non-hydrogen) atoms. The van der Waals surface area contributed by atoms with Crippen molar-refractivity contribution in [2.75, 3.05) is 65.1 Å². The fourth-order valence-electron chi connectivity index (χ4n) is 4.17. The van der Waals surface area contributed by atoms with E-state index in [1.165, 1.54) is 23.2 Å². The van der Waals surface area contributed by atoms with Gasteiger partial charge in [0.15, 0.2) is 0 Å². The molecule has 2 aliphatic rings. The lowest BCUT2D eigenvalue weighted by atomic mass is 10.2. The highest BCUT2D eigenvalue weighted by molar-refractivity contribution is 7.89. The van der Waals surface area contributed by atoms with Crippen LogP contribution in [0.1, 0.15) is 19.8 Å². The van der Waals surface area contributed by atoms with Crippen molar-refractivity contribution in [1.29, 1.82) is 0 Å². The number of nitrogens with zero attached hydrogens (tertiary/aromatic N) is 4. The van der Waals surface area contributed by atoms with Crippen LogP contribution in [-0.4, -0.2) is 88.0 Å². The van der Waals surface area contributed by atoms with Crippen molar-refractivity contribution in [2.45, 2.75) is 25.0 Å². The zero-order valence-corrected chi connectivity index (χ0v) is 22.4. The van der Waals surface area contributed by atoms with Crippen LogP contribution in [0.3, 0.4) is 0 Å². The van der Waals surface area contributed by atoms with Gasteiger partial charge in [-0.3, -0.25) is 4.79 Å². The van der Waals surface area contributed by atoms with Crippen LogP contribution in [0.25, 0.3) is 5.69 Å². The predicted octanol–water partition coefficient (Wildman–Crippen LogP) is 2.18. The average Bonchev–Trinajstić information content (AvgIpc) is 3.60. The van der Waals surface area contributed by atoms with E-state index in [2.05, 4.69) is 12.0 Å². The third kappa shape index (κ3) is 5.86. The summed E-state index contributed by atoms with van der Waals surface area (Å²) in [5.41, 5.74) is 0.789. The van der Waals surface area contributed by atoms with E-state index >= 15 is 0 Å². The Morgan fingerprint density at radius 1 is 1.11 bits per heavy atom. The van der Waals surface area contributed by atoms with Gasteiger partial charge in [-0.2, -0.15) is 14.1 Å². The first kappa shape index (κ1) is 26.9. The molecule has 2 fully saturated rings. The van der Waals surface area contributed by atoms with Gasteiger partial charge in [0.1, 0.15) is 10.9 Å². The smallest absolute Gasteiger partial charge is 0.316 e. The van der Waals surface area contributed by atoms with Crippen LogP contribution in [0, 0.1) is 5.41 Å². The van der Waals surface area contributed by atoms with Gasteiger partial charge in [0.05, 0.1) is 31.7 Å². The molecule has 4 rings (SSSR count). The Morgan fingerprint density at radius 2 is 1.78 bits per heavy atom. The van der Waals surface area contributed by atoms with Crippen LogP contribution in [-0.2, 0) is 19.5 Å². The van der Waals surface area contributed by atoms with Gasteiger partial charge < -0.3 is 19.1 Å². The maximum absolute atomic E-state index is 13.5. The number of hydrogen-bond acceptors (Lipinski definition) is 8. The molecule has 1 aromatic heterocycles. The number of rotatable bonds is 11. The normalized spacial score (nSPS) is 18.0. The summed E-state index contributed by atoms with van der Waals surface area (Å²) in [7, 11) is -0.668. The molecule has 12 heteroatoms. The molecule has 1 saturated heterocycles. The first-order chi connectivity index (χ1) is 17.2. The molecule has 198 valence electrons. The Bertz CT molecular complexity index is 1220. The van der Waals surface area contributed by atoms with E-state index in [-0.39, 0.29) is 43.0 Å². The lowest BCUT2D eigenvalue weighted by Gasteiger charge is -2.37. The SMILES string of the molecule is COCC(COC)S(=O)(=O)N1CCN(c2cnn(-c3cccc(Cl)c3)c(=O)c2OCC2(C)CC2)CC1. The monoisotopic (exact) mass is 540 g/mol. The molecule has 1 aliphatic heterocycles. The minimum Gasteiger partial charge on any atom is -0.486 e. The van der Waals surface area contributed by atoms with Crippen LogP contribution in [0.2, 0.25) is 5.02 Å². The molecule has 0 N–H and O–H groups in total. The Labute approximate surface area is 216 Å². The van der Waals surface area contributed by atoms with Gasteiger partial charge in [0, 0.05) is 50.8 Å². The molecule has 0 spiro atoms. The highest BCUT2D eigenvalue weighted by Gasteiger charge is 2.39. The van der Waals surface area contributed by atoms with E-state index in [4.69, 9.17) is 25.8 Å². The molecular formula is C24H33ClN4O6S.